The van der Waals surface area contributed by atoms with Gasteiger partial charge in [-0.25, -0.2) is 0 Å². The van der Waals surface area contributed by atoms with E-state index in [1.807, 2.05) is 13.1 Å². The molecule has 1 amide bonds. The number of likely N-dealkylation sites (N-methyl/N-ethyl adjacent to an activating group) is 1. The summed E-state index contributed by atoms with van der Waals surface area (Å²) >= 11 is 12.1. The zero-order chi connectivity index (χ0) is 26.5. The Hall–Kier alpha value is -1.87. The van der Waals surface area contributed by atoms with Gasteiger partial charge in [0.2, 0.25) is 5.91 Å². The molecule has 1 aliphatic rings. The Balaban J connectivity index is 1.39. The molecule has 204 valence electrons. The molecule has 1 saturated heterocycles. The molecule has 3 rings (SSSR count). The first kappa shape index (κ1) is 29.7. The summed E-state index contributed by atoms with van der Waals surface area (Å²) in [5.74, 6) is 0.0502. The van der Waals surface area contributed by atoms with E-state index in [1.54, 1.807) is 24.1 Å². The molecular weight excluding hydrogens is 515 g/mol. The van der Waals surface area contributed by atoms with Gasteiger partial charge in [0.15, 0.2) is 0 Å². The van der Waals surface area contributed by atoms with Crippen molar-refractivity contribution in [3.63, 3.8) is 0 Å². The standard InChI is InChI=1S/C28H38Cl2N2O5/c1-31(28(33)20-22-7-8-25(29)26(30)19-22)11-9-23-5-3-4-6-27(23)32-12-10-24(21-32)37-18-17-36-16-15-35-14-13-34-2/h3-8,19,24H,9-18,20-21H2,1-2H3/t24-/m0/s1. The monoisotopic (exact) mass is 552 g/mol. The van der Waals surface area contributed by atoms with Crippen LogP contribution in [0.2, 0.25) is 10.0 Å². The second-order valence-corrected chi connectivity index (χ2v) is 9.88. The fourth-order valence-corrected chi connectivity index (χ4v) is 4.54. The van der Waals surface area contributed by atoms with Gasteiger partial charge in [0.05, 0.1) is 62.2 Å². The van der Waals surface area contributed by atoms with Gasteiger partial charge in [0.25, 0.3) is 0 Å². The predicted octanol–water partition coefficient (Wildman–Crippen LogP) is 4.51. The number of nitrogens with zero attached hydrogens (tertiary/aromatic N) is 2. The largest absolute Gasteiger partial charge is 0.382 e. The lowest BCUT2D eigenvalue weighted by atomic mass is 10.1. The first-order chi connectivity index (χ1) is 18.0. The number of para-hydroxylation sites is 1. The van der Waals surface area contributed by atoms with Crippen molar-refractivity contribution in [1.82, 2.24) is 4.90 Å². The van der Waals surface area contributed by atoms with Crippen LogP contribution in [0.1, 0.15) is 17.5 Å². The van der Waals surface area contributed by atoms with Crippen LogP contribution < -0.4 is 4.90 Å². The van der Waals surface area contributed by atoms with Gasteiger partial charge in [-0.1, -0.05) is 47.5 Å². The average Bonchev–Trinajstić information content (AvgIpc) is 3.37. The number of rotatable bonds is 16. The number of hydrogen-bond donors (Lipinski definition) is 0. The van der Waals surface area contributed by atoms with E-state index in [0.717, 1.165) is 31.5 Å². The summed E-state index contributed by atoms with van der Waals surface area (Å²) in [6.07, 6.45) is 2.24. The highest BCUT2D eigenvalue weighted by atomic mass is 35.5. The van der Waals surface area contributed by atoms with E-state index < -0.39 is 0 Å². The predicted molar refractivity (Wildman–Crippen MR) is 148 cm³/mol. The average molecular weight is 554 g/mol. The van der Waals surface area contributed by atoms with E-state index in [2.05, 4.69) is 29.2 Å². The lowest BCUT2D eigenvalue weighted by Crippen LogP contribution is -2.31. The Labute approximate surface area is 230 Å². The lowest BCUT2D eigenvalue weighted by molar-refractivity contribution is -0.129. The summed E-state index contributed by atoms with van der Waals surface area (Å²) in [6.45, 7) is 5.87. The molecule has 0 aromatic heterocycles. The van der Waals surface area contributed by atoms with E-state index >= 15 is 0 Å². The van der Waals surface area contributed by atoms with Crippen LogP contribution in [0.25, 0.3) is 0 Å². The molecule has 1 fully saturated rings. The quantitative estimate of drug-likeness (QED) is 0.285. The van der Waals surface area contributed by atoms with Gasteiger partial charge < -0.3 is 28.7 Å². The van der Waals surface area contributed by atoms with Crippen molar-refractivity contribution < 1.29 is 23.7 Å². The molecule has 2 aromatic carbocycles. The lowest BCUT2D eigenvalue weighted by Gasteiger charge is -2.24. The Morgan fingerprint density at radius 2 is 1.73 bits per heavy atom. The van der Waals surface area contributed by atoms with Gasteiger partial charge in [-0.2, -0.15) is 0 Å². The summed E-state index contributed by atoms with van der Waals surface area (Å²) in [5.41, 5.74) is 3.30. The van der Waals surface area contributed by atoms with Crippen molar-refractivity contribution in [2.45, 2.75) is 25.4 Å². The second-order valence-electron chi connectivity index (χ2n) is 9.06. The minimum atomic E-state index is 0.0502. The molecule has 0 unspecified atom stereocenters. The van der Waals surface area contributed by atoms with Crippen LogP contribution in [-0.2, 0) is 36.6 Å². The van der Waals surface area contributed by atoms with Gasteiger partial charge >= 0.3 is 0 Å². The van der Waals surface area contributed by atoms with E-state index in [1.165, 1.54) is 11.3 Å². The minimum absolute atomic E-state index is 0.0502. The van der Waals surface area contributed by atoms with Crippen LogP contribution in [-0.4, -0.2) is 90.3 Å². The SMILES string of the molecule is COCCOCCOCCO[C@H]1CCN(c2ccccc2CCN(C)C(=O)Cc2ccc(Cl)c(Cl)c2)C1. The maximum atomic E-state index is 12.7. The third-order valence-corrected chi connectivity index (χ3v) is 7.08. The van der Waals surface area contributed by atoms with Crippen LogP contribution >= 0.6 is 23.2 Å². The van der Waals surface area contributed by atoms with Gasteiger partial charge in [-0.15, -0.1) is 0 Å². The van der Waals surface area contributed by atoms with Crippen molar-refractivity contribution in [1.29, 1.82) is 0 Å². The first-order valence-electron chi connectivity index (χ1n) is 12.7. The Morgan fingerprint density at radius 1 is 1.00 bits per heavy atom. The zero-order valence-corrected chi connectivity index (χ0v) is 23.3. The molecule has 7 nitrogen and oxygen atoms in total. The highest BCUT2D eigenvalue weighted by Gasteiger charge is 2.24. The molecule has 1 aliphatic heterocycles. The van der Waals surface area contributed by atoms with Crippen molar-refractivity contribution in [2.24, 2.45) is 0 Å². The highest BCUT2D eigenvalue weighted by molar-refractivity contribution is 6.42. The van der Waals surface area contributed by atoms with E-state index in [4.69, 9.17) is 42.1 Å². The number of carbonyl (C=O) groups excluding carboxylic acids is 1. The number of amides is 1. The van der Waals surface area contributed by atoms with Gasteiger partial charge in [0.1, 0.15) is 0 Å². The third-order valence-electron chi connectivity index (χ3n) is 6.34. The molecule has 2 aromatic rings. The van der Waals surface area contributed by atoms with Crippen molar-refractivity contribution >= 4 is 34.8 Å². The maximum absolute atomic E-state index is 12.7. The van der Waals surface area contributed by atoms with Crippen LogP contribution in [0.3, 0.4) is 0 Å². The first-order valence-corrected chi connectivity index (χ1v) is 13.5. The maximum Gasteiger partial charge on any atom is 0.226 e. The van der Waals surface area contributed by atoms with Crippen molar-refractivity contribution in [3.8, 4) is 0 Å². The van der Waals surface area contributed by atoms with E-state index in [-0.39, 0.29) is 12.0 Å². The van der Waals surface area contributed by atoms with Crippen LogP contribution in [0.4, 0.5) is 5.69 Å². The van der Waals surface area contributed by atoms with Gasteiger partial charge in [-0.05, 0) is 42.2 Å². The highest BCUT2D eigenvalue weighted by Crippen LogP contribution is 2.27. The third kappa shape index (κ3) is 10.1. The number of hydrogen-bond acceptors (Lipinski definition) is 6. The van der Waals surface area contributed by atoms with E-state index in [0.29, 0.717) is 62.7 Å². The molecule has 0 aliphatic carbocycles. The minimum Gasteiger partial charge on any atom is -0.382 e. The summed E-state index contributed by atoms with van der Waals surface area (Å²) in [4.78, 5) is 16.9. The molecule has 0 N–H and O–H groups in total. The number of benzene rings is 2. The molecule has 0 saturated carbocycles. The summed E-state index contributed by atoms with van der Waals surface area (Å²) in [6, 6.07) is 13.7. The summed E-state index contributed by atoms with van der Waals surface area (Å²) in [7, 11) is 3.50. The van der Waals surface area contributed by atoms with Crippen LogP contribution in [0, 0.1) is 0 Å². The Bertz CT molecular complexity index is 977. The number of halogens is 2. The van der Waals surface area contributed by atoms with Crippen molar-refractivity contribution in [3.05, 3.63) is 63.6 Å². The molecule has 0 bridgehead atoms. The molecule has 1 heterocycles. The molecule has 9 heteroatoms. The number of methoxy groups -OCH3 is 1. The van der Waals surface area contributed by atoms with Gasteiger partial charge in [-0.3, -0.25) is 4.79 Å². The normalized spacial score (nSPS) is 15.4. The van der Waals surface area contributed by atoms with Crippen LogP contribution in [0.15, 0.2) is 42.5 Å². The Kier molecular flexibility index (Phi) is 13.0. The molecule has 0 radical (unpaired) electrons. The van der Waals surface area contributed by atoms with Crippen LogP contribution in [0.5, 0.6) is 0 Å². The van der Waals surface area contributed by atoms with Crippen molar-refractivity contribution in [2.75, 3.05) is 78.3 Å². The fraction of sp³-hybridized carbons (Fsp3) is 0.536. The number of anilines is 1. The smallest absolute Gasteiger partial charge is 0.226 e. The molecule has 1 atom stereocenters. The molecule has 0 spiro atoms. The van der Waals surface area contributed by atoms with E-state index in [9.17, 15) is 4.79 Å². The number of ether oxygens (including phenoxy) is 4. The fourth-order valence-electron chi connectivity index (χ4n) is 4.22. The Morgan fingerprint density at radius 3 is 2.49 bits per heavy atom. The molecular formula is C28H38Cl2N2O5. The summed E-state index contributed by atoms with van der Waals surface area (Å²) in [5, 5.41) is 0.956. The molecule has 37 heavy (non-hydrogen) atoms. The number of carbonyl (C=O) groups is 1. The second kappa shape index (κ2) is 16.2. The zero-order valence-electron chi connectivity index (χ0n) is 21.8. The topological polar surface area (TPSA) is 60.5 Å². The summed E-state index contributed by atoms with van der Waals surface area (Å²) < 4.78 is 21.9. The van der Waals surface area contributed by atoms with Gasteiger partial charge in [0, 0.05) is 39.5 Å².